The van der Waals surface area contributed by atoms with Crippen molar-refractivity contribution in [3.8, 4) is 0 Å². The van der Waals surface area contributed by atoms with Gasteiger partial charge < -0.3 is 43.8 Å². The molecule has 0 aromatic carbocycles. The molecule has 0 radical (unpaired) electrons. The van der Waals surface area contributed by atoms with Crippen LogP contribution >= 0.6 is 24.8 Å². The van der Waals surface area contributed by atoms with Gasteiger partial charge in [-0.25, -0.2) is 0 Å². The van der Waals surface area contributed by atoms with Gasteiger partial charge in [0.15, 0.2) is 0 Å². The molecule has 0 amide bonds. The maximum absolute atomic E-state index is 0. The van der Waals surface area contributed by atoms with E-state index in [1.807, 2.05) is 0 Å². The van der Waals surface area contributed by atoms with Crippen LogP contribution in [-0.2, 0) is 25.8 Å². The third-order valence-electron chi connectivity index (χ3n) is 0. The Bertz CT molecular complexity index is 12.1. The number of hydrogen-bond acceptors (Lipinski definition) is 0. The van der Waals surface area contributed by atoms with Gasteiger partial charge in [0.1, 0.15) is 0 Å². The molecule has 0 spiro atoms. The molecule has 0 unspecified atom stereocenters. The van der Waals surface area contributed by atoms with Crippen molar-refractivity contribution in [3.05, 3.63) is 0 Å². The van der Waals surface area contributed by atoms with Gasteiger partial charge in [0, 0.05) is 25.8 Å². The zero-order valence-electron chi connectivity index (χ0n) is 5.32. The molecule has 11 heavy (non-hydrogen) atoms. The fraction of sp³-hybridized carbons (Fsp3) is 0. The summed E-state index contributed by atoms with van der Waals surface area (Å²) >= 11 is 0. The predicted octanol–water partition coefficient (Wildman–Crippen LogP) is -5.76. The summed E-state index contributed by atoms with van der Waals surface area (Å²) in [5.74, 6) is 0. The van der Waals surface area contributed by atoms with E-state index in [9.17, 15) is 0 Å². The van der Waals surface area contributed by atoms with Gasteiger partial charge in [-0.3, -0.25) is 0 Å². The molecule has 0 saturated heterocycles. The van der Waals surface area contributed by atoms with Crippen LogP contribution in [0, 0.1) is 0 Å². The Balaban J connectivity index is 0. The molecular formula is H18Cl2HfO8. The number of halogens is 2. The molecule has 0 aromatic heterocycles. The number of rotatable bonds is 0. The van der Waals surface area contributed by atoms with Gasteiger partial charge in [0.2, 0.25) is 0 Å². The predicted molar refractivity (Wildman–Crippen MR) is 43.4 cm³/mol. The minimum atomic E-state index is 0. The van der Waals surface area contributed by atoms with E-state index in [-0.39, 0.29) is 94.5 Å². The van der Waals surface area contributed by atoms with Gasteiger partial charge >= 0.3 is 0 Å². The van der Waals surface area contributed by atoms with Crippen LogP contribution in [0.25, 0.3) is 0 Å². The molecule has 0 bridgehead atoms. The van der Waals surface area contributed by atoms with Crippen LogP contribution in [0.5, 0.6) is 0 Å². The van der Waals surface area contributed by atoms with E-state index in [1.165, 1.54) is 0 Å². The summed E-state index contributed by atoms with van der Waals surface area (Å²) in [5, 5.41) is 0. The normalized spacial score (nSPS) is 0. The Morgan fingerprint density at radius 1 is 0.273 bits per heavy atom. The van der Waals surface area contributed by atoms with Crippen LogP contribution in [0.4, 0.5) is 0 Å². The third-order valence-corrected chi connectivity index (χ3v) is 0. The van der Waals surface area contributed by atoms with Gasteiger partial charge in [-0.05, 0) is 0 Å². The average Bonchev–Trinajstić information content (AvgIpc) is 0. The monoisotopic (exact) mass is 396 g/mol. The second kappa shape index (κ2) is 894. The Hall–Kier alpha value is 1.13. The van der Waals surface area contributed by atoms with Gasteiger partial charge in [-0.15, -0.1) is 24.8 Å². The first-order valence-electron chi connectivity index (χ1n) is 0. The zero-order chi connectivity index (χ0) is 0. The van der Waals surface area contributed by atoms with Crippen LogP contribution < -0.4 is 0 Å². The largest absolute Gasteiger partial charge is 0.412 e. The molecule has 0 fully saturated rings. The Morgan fingerprint density at radius 2 is 0.273 bits per heavy atom. The topological polar surface area (TPSA) is 252 Å². The summed E-state index contributed by atoms with van der Waals surface area (Å²) < 4.78 is 0. The van der Waals surface area contributed by atoms with E-state index in [2.05, 4.69) is 0 Å². The third kappa shape index (κ3) is 726. The van der Waals surface area contributed by atoms with Crippen molar-refractivity contribution in [1.29, 1.82) is 0 Å². The van der Waals surface area contributed by atoms with Crippen LogP contribution in [0.15, 0.2) is 0 Å². The molecule has 0 saturated carbocycles. The van der Waals surface area contributed by atoms with Crippen molar-refractivity contribution in [2.24, 2.45) is 0 Å². The molecule has 0 aliphatic rings. The fourth-order valence-corrected chi connectivity index (χ4v) is 0. The van der Waals surface area contributed by atoms with Crippen molar-refractivity contribution in [1.82, 2.24) is 0 Å². The van der Waals surface area contributed by atoms with Gasteiger partial charge in [-0.2, -0.15) is 0 Å². The Labute approximate surface area is 94.4 Å². The van der Waals surface area contributed by atoms with E-state index in [1.54, 1.807) is 0 Å². The molecule has 0 rings (SSSR count). The van der Waals surface area contributed by atoms with Crippen LogP contribution in [-0.4, -0.2) is 43.8 Å². The molecule has 8 nitrogen and oxygen atoms in total. The van der Waals surface area contributed by atoms with Crippen LogP contribution in [0.3, 0.4) is 0 Å². The second-order valence-electron chi connectivity index (χ2n) is 0. The maximum atomic E-state index is 0. The second-order valence-corrected chi connectivity index (χ2v) is 0. The molecule has 0 atom stereocenters. The summed E-state index contributed by atoms with van der Waals surface area (Å²) in [4.78, 5) is 0. The standard InChI is InChI=1S/2ClH.Hf.8H2O/h2*1H;;8*1H2. The molecule has 16 N–H and O–H groups in total. The smallest absolute Gasteiger partial charge is 0 e. The first-order valence-corrected chi connectivity index (χ1v) is 0. The summed E-state index contributed by atoms with van der Waals surface area (Å²) in [6.07, 6.45) is 0. The number of hydrogen-bond donors (Lipinski definition) is 0. The SMILES string of the molecule is Cl.Cl.O.O.O.O.O.O.O.O.[Hf]. The summed E-state index contributed by atoms with van der Waals surface area (Å²) in [6, 6.07) is 0. The van der Waals surface area contributed by atoms with Crippen LogP contribution in [0.1, 0.15) is 0 Å². The minimum Gasteiger partial charge on any atom is -0.412 e. The van der Waals surface area contributed by atoms with Crippen molar-refractivity contribution in [3.63, 3.8) is 0 Å². The zero-order valence-corrected chi connectivity index (χ0v) is 10.5. The van der Waals surface area contributed by atoms with Gasteiger partial charge in [0.25, 0.3) is 0 Å². The molecule has 0 aromatic rings. The van der Waals surface area contributed by atoms with Crippen LogP contribution in [0.2, 0.25) is 0 Å². The van der Waals surface area contributed by atoms with Crippen molar-refractivity contribution >= 4 is 24.8 Å². The Morgan fingerprint density at radius 3 is 0.273 bits per heavy atom. The van der Waals surface area contributed by atoms with Crippen molar-refractivity contribution < 1.29 is 69.7 Å². The van der Waals surface area contributed by atoms with Gasteiger partial charge in [-0.1, -0.05) is 0 Å². The van der Waals surface area contributed by atoms with Crippen molar-refractivity contribution in [2.45, 2.75) is 0 Å². The van der Waals surface area contributed by atoms with E-state index in [0.717, 1.165) is 0 Å². The van der Waals surface area contributed by atoms with E-state index >= 15 is 0 Å². The summed E-state index contributed by atoms with van der Waals surface area (Å²) in [5.41, 5.74) is 0. The molecule has 11 heteroatoms. The molecule has 0 aliphatic heterocycles. The molecular weight excluding hydrogens is 377 g/mol. The fourth-order valence-electron chi connectivity index (χ4n) is 0. The maximum Gasteiger partial charge on any atom is 0 e. The van der Waals surface area contributed by atoms with E-state index in [0.29, 0.717) is 0 Å². The molecule has 0 aliphatic carbocycles. The first kappa shape index (κ1) is 1180. The quantitative estimate of drug-likeness (QED) is 0.347. The molecule has 84 valence electrons. The Kier molecular flexibility index (Phi) is 95700. The summed E-state index contributed by atoms with van der Waals surface area (Å²) in [7, 11) is 0. The van der Waals surface area contributed by atoms with Gasteiger partial charge in [0.05, 0.1) is 0 Å². The van der Waals surface area contributed by atoms with Crippen molar-refractivity contribution in [2.75, 3.05) is 0 Å². The summed E-state index contributed by atoms with van der Waals surface area (Å²) in [6.45, 7) is 0. The van der Waals surface area contributed by atoms with E-state index in [4.69, 9.17) is 0 Å². The first-order chi connectivity index (χ1) is 0. The minimum absolute atomic E-state index is 0. The van der Waals surface area contributed by atoms with E-state index < -0.39 is 0 Å². The average molecular weight is 396 g/mol. The molecule has 0 heterocycles.